The molecule has 2 amide bonds. The minimum Gasteiger partial charge on any atom is -0.383 e. The Labute approximate surface area is 137 Å². The van der Waals surface area contributed by atoms with E-state index < -0.39 is 0 Å². The van der Waals surface area contributed by atoms with Gasteiger partial charge in [-0.1, -0.05) is 12.1 Å². The van der Waals surface area contributed by atoms with E-state index in [1.165, 1.54) is 0 Å². The molecule has 0 saturated carbocycles. The molecule has 1 atom stereocenters. The molecule has 0 spiro atoms. The number of rotatable bonds is 7. The molecule has 0 bridgehead atoms. The van der Waals surface area contributed by atoms with E-state index in [1.54, 1.807) is 12.0 Å². The molecule has 23 heavy (non-hydrogen) atoms. The van der Waals surface area contributed by atoms with Crippen LogP contribution < -0.4 is 10.6 Å². The number of nitrogens with zero attached hydrogens (tertiary/aromatic N) is 1. The first-order valence-corrected chi connectivity index (χ1v) is 7.87. The lowest BCUT2D eigenvalue weighted by atomic mass is 10.1. The topological polar surface area (TPSA) is 70.7 Å². The van der Waals surface area contributed by atoms with Crippen LogP contribution >= 0.6 is 0 Å². The highest BCUT2D eigenvalue weighted by Crippen LogP contribution is 2.17. The van der Waals surface area contributed by atoms with Gasteiger partial charge in [-0.2, -0.15) is 0 Å². The van der Waals surface area contributed by atoms with Crippen molar-refractivity contribution in [2.75, 3.05) is 38.7 Å². The van der Waals surface area contributed by atoms with Gasteiger partial charge < -0.3 is 20.3 Å². The van der Waals surface area contributed by atoms with Crippen LogP contribution in [0.25, 0.3) is 0 Å². The Morgan fingerprint density at radius 3 is 2.91 bits per heavy atom. The standard InChI is InChI=1S/C17H25N3O3/c1-12-5-4-6-15(13(12)2)19-16(21)10-18-14-9-17(22)20(11-14)7-8-23-3/h4-6,14,18H,7-11H2,1-3H3,(H,19,21). The fraction of sp³-hybridized carbons (Fsp3) is 0.529. The van der Waals surface area contributed by atoms with Crippen LogP contribution in [0.1, 0.15) is 17.5 Å². The zero-order valence-corrected chi connectivity index (χ0v) is 14.0. The lowest BCUT2D eigenvalue weighted by Gasteiger charge is -2.16. The van der Waals surface area contributed by atoms with Crippen LogP contribution in [-0.2, 0) is 14.3 Å². The highest BCUT2D eigenvalue weighted by Gasteiger charge is 2.29. The van der Waals surface area contributed by atoms with Gasteiger partial charge in [0.15, 0.2) is 0 Å². The Balaban J connectivity index is 1.79. The maximum Gasteiger partial charge on any atom is 0.238 e. The molecule has 2 rings (SSSR count). The van der Waals surface area contributed by atoms with E-state index in [9.17, 15) is 9.59 Å². The van der Waals surface area contributed by atoms with Crippen molar-refractivity contribution in [3.8, 4) is 0 Å². The van der Waals surface area contributed by atoms with Crippen LogP contribution in [0.3, 0.4) is 0 Å². The zero-order valence-electron chi connectivity index (χ0n) is 14.0. The summed E-state index contributed by atoms with van der Waals surface area (Å²) in [5.41, 5.74) is 3.05. The van der Waals surface area contributed by atoms with E-state index in [0.29, 0.717) is 26.1 Å². The molecular formula is C17H25N3O3. The predicted molar refractivity (Wildman–Crippen MR) is 89.4 cm³/mol. The maximum absolute atomic E-state index is 12.1. The number of aryl methyl sites for hydroxylation is 1. The Bertz CT molecular complexity index is 574. The summed E-state index contributed by atoms with van der Waals surface area (Å²) in [6.07, 6.45) is 0.431. The number of likely N-dealkylation sites (tertiary alicyclic amines) is 1. The molecule has 1 aromatic rings. The van der Waals surface area contributed by atoms with Gasteiger partial charge in [-0.05, 0) is 31.0 Å². The summed E-state index contributed by atoms with van der Waals surface area (Å²) in [5.74, 6) is 0.0102. The first kappa shape index (κ1) is 17.4. The summed E-state index contributed by atoms with van der Waals surface area (Å²) in [7, 11) is 1.62. The molecule has 126 valence electrons. The second-order valence-corrected chi connectivity index (χ2v) is 5.91. The number of carbonyl (C=O) groups excluding carboxylic acids is 2. The van der Waals surface area contributed by atoms with Gasteiger partial charge in [0.2, 0.25) is 11.8 Å². The summed E-state index contributed by atoms with van der Waals surface area (Å²) < 4.78 is 4.99. The van der Waals surface area contributed by atoms with Crippen LogP contribution in [0.4, 0.5) is 5.69 Å². The van der Waals surface area contributed by atoms with Crippen LogP contribution in [0.2, 0.25) is 0 Å². The molecule has 1 fully saturated rings. The molecule has 1 aliphatic heterocycles. The molecule has 1 aliphatic rings. The van der Waals surface area contributed by atoms with Gasteiger partial charge in [0.25, 0.3) is 0 Å². The summed E-state index contributed by atoms with van der Waals surface area (Å²) in [6, 6.07) is 5.85. The van der Waals surface area contributed by atoms with Crippen molar-refractivity contribution in [1.82, 2.24) is 10.2 Å². The minimum absolute atomic E-state index is 0.0173. The second kappa shape index (κ2) is 8.08. The van der Waals surface area contributed by atoms with E-state index in [1.807, 2.05) is 32.0 Å². The number of nitrogens with one attached hydrogen (secondary N) is 2. The Morgan fingerprint density at radius 2 is 2.17 bits per heavy atom. The molecule has 6 nitrogen and oxygen atoms in total. The number of ether oxygens (including phenoxy) is 1. The van der Waals surface area contributed by atoms with E-state index >= 15 is 0 Å². The number of hydrogen-bond donors (Lipinski definition) is 2. The number of benzene rings is 1. The first-order chi connectivity index (χ1) is 11.0. The monoisotopic (exact) mass is 319 g/mol. The Morgan fingerprint density at radius 1 is 1.39 bits per heavy atom. The van der Waals surface area contributed by atoms with E-state index in [-0.39, 0.29) is 24.4 Å². The van der Waals surface area contributed by atoms with Crippen molar-refractivity contribution in [3.05, 3.63) is 29.3 Å². The molecular weight excluding hydrogens is 294 g/mol. The third-order valence-electron chi connectivity index (χ3n) is 4.21. The zero-order chi connectivity index (χ0) is 16.8. The molecule has 1 aromatic carbocycles. The fourth-order valence-electron chi connectivity index (χ4n) is 2.64. The third kappa shape index (κ3) is 4.77. The van der Waals surface area contributed by atoms with Crippen molar-refractivity contribution in [2.24, 2.45) is 0 Å². The molecule has 0 radical (unpaired) electrons. The van der Waals surface area contributed by atoms with Gasteiger partial charge >= 0.3 is 0 Å². The van der Waals surface area contributed by atoms with Crippen LogP contribution in [0.15, 0.2) is 18.2 Å². The summed E-state index contributed by atoms with van der Waals surface area (Å²) in [4.78, 5) is 25.7. The molecule has 0 aliphatic carbocycles. The molecule has 1 unspecified atom stereocenters. The average molecular weight is 319 g/mol. The number of methoxy groups -OCH3 is 1. The van der Waals surface area contributed by atoms with Gasteiger partial charge in [0, 0.05) is 38.3 Å². The molecule has 2 N–H and O–H groups in total. The summed E-state index contributed by atoms with van der Waals surface area (Å²) in [6.45, 7) is 5.96. The fourth-order valence-corrected chi connectivity index (χ4v) is 2.64. The van der Waals surface area contributed by atoms with Gasteiger partial charge in [-0.3, -0.25) is 9.59 Å². The van der Waals surface area contributed by atoms with E-state index in [4.69, 9.17) is 4.74 Å². The van der Waals surface area contributed by atoms with Crippen molar-refractivity contribution in [3.63, 3.8) is 0 Å². The Kier molecular flexibility index (Phi) is 6.12. The quantitative estimate of drug-likeness (QED) is 0.789. The SMILES string of the molecule is COCCN1CC(NCC(=O)Nc2cccc(C)c2C)CC1=O. The first-order valence-electron chi connectivity index (χ1n) is 7.87. The van der Waals surface area contributed by atoms with E-state index in [0.717, 1.165) is 16.8 Å². The predicted octanol–water partition coefficient (Wildman–Crippen LogP) is 1.08. The van der Waals surface area contributed by atoms with Gasteiger partial charge in [-0.15, -0.1) is 0 Å². The third-order valence-corrected chi connectivity index (χ3v) is 4.21. The maximum atomic E-state index is 12.1. The van der Waals surface area contributed by atoms with Gasteiger partial charge in [-0.25, -0.2) is 0 Å². The molecule has 1 heterocycles. The van der Waals surface area contributed by atoms with Crippen molar-refractivity contribution < 1.29 is 14.3 Å². The molecule has 1 saturated heterocycles. The number of amides is 2. The lowest BCUT2D eigenvalue weighted by Crippen LogP contribution is -2.38. The van der Waals surface area contributed by atoms with Crippen molar-refractivity contribution in [1.29, 1.82) is 0 Å². The highest BCUT2D eigenvalue weighted by molar-refractivity contribution is 5.93. The second-order valence-electron chi connectivity index (χ2n) is 5.91. The normalized spacial score (nSPS) is 17.6. The largest absolute Gasteiger partial charge is 0.383 e. The van der Waals surface area contributed by atoms with Gasteiger partial charge in [0.1, 0.15) is 0 Å². The summed E-state index contributed by atoms with van der Waals surface area (Å²) >= 11 is 0. The highest BCUT2D eigenvalue weighted by atomic mass is 16.5. The average Bonchev–Trinajstić information content (AvgIpc) is 2.88. The van der Waals surface area contributed by atoms with Gasteiger partial charge in [0.05, 0.1) is 13.2 Å². The van der Waals surface area contributed by atoms with E-state index in [2.05, 4.69) is 10.6 Å². The minimum atomic E-state index is -0.0958. The smallest absolute Gasteiger partial charge is 0.238 e. The van der Waals surface area contributed by atoms with Crippen LogP contribution in [-0.4, -0.2) is 56.1 Å². The summed E-state index contributed by atoms with van der Waals surface area (Å²) in [5, 5.41) is 6.07. The number of carbonyl (C=O) groups is 2. The van der Waals surface area contributed by atoms with Crippen molar-refractivity contribution >= 4 is 17.5 Å². The van der Waals surface area contributed by atoms with Crippen LogP contribution in [0.5, 0.6) is 0 Å². The Hall–Kier alpha value is -1.92. The lowest BCUT2D eigenvalue weighted by molar-refractivity contribution is -0.128. The number of hydrogen-bond acceptors (Lipinski definition) is 4. The molecule has 0 aromatic heterocycles. The van der Waals surface area contributed by atoms with Crippen molar-refractivity contribution in [2.45, 2.75) is 26.3 Å². The molecule has 6 heteroatoms. The van der Waals surface area contributed by atoms with Crippen LogP contribution in [0, 0.1) is 13.8 Å². The number of anilines is 1.